The number of nitrogens with one attached hydrogen (secondary N) is 1. The van der Waals surface area contributed by atoms with Gasteiger partial charge in [-0.2, -0.15) is 0 Å². The highest BCUT2D eigenvalue weighted by Crippen LogP contribution is 2.35. The number of benzene rings is 2. The van der Waals surface area contributed by atoms with Crippen LogP contribution in [0.2, 0.25) is 0 Å². The van der Waals surface area contributed by atoms with E-state index in [2.05, 4.69) is 5.32 Å². The summed E-state index contributed by atoms with van der Waals surface area (Å²) in [6.07, 6.45) is 2.35. The first-order valence-corrected chi connectivity index (χ1v) is 12.2. The van der Waals surface area contributed by atoms with Gasteiger partial charge in [0, 0.05) is 30.4 Å². The van der Waals surface area contributed by atoms with E-state index in [0.717, 1.165) is 28.2 Å². The van der Waals surface area contributed by atoms with Gasteiger partial charge >= 0.3 is 0 Å². The number of hydrogen-bond donors (Lipinski definition) is 1. The second-order valence-electron chi connectivity index (χ2n) is 7.80. The van der Waals surface area contributed by atoms with E-state index < -0.39 is 22.5 Å². The monoisotopic (exact) mass is 459 g/mol. The van der Waals surface area contributed by atoms with Gasteiger partial charge in [-0.1, -0.05) is 6.07 Å². The van der Waals surface area contributed by atoms with E-state index in [9.17, 15) is 18.0 Å². The minimum atomic E-state index is -3.74. The summed E-state index contributed by atoms with van der Waals surface area (Å²) in [7, 11) is -3.74. The van der Waals surface area contributed by atoms with Gasteiger partial charge in [-0.25, -0.2) is 8.42 Å². The first-order chi connectivity index (χ1) is 15.2. The Morgan fingerprint density at radius 2 is 1.88 bits per heavy atom. The van der Waals surface area contributed by atoms with Crippen LogP contribution in [0.5, 0.6) is 11.5 Å². The molecule has 9 nitrogen and oxygen atoms in total. The Bertz CT molecular complexity index is 1160. The van der Waals surface area contributed by atoms with Crippen LogP contribution in [0, 0.1) is 6.92 Å². The second-order valence-corrected chi connectivity index (χ2v) is 9.70. The van der Waals surface area contributed by atoms with Crippen LogP contribution in [0.3, 0.4) is 0 Å². The molecule has 1 fully saturated rings. The van der Waals surface area contributed by atoms with Crippen LogP contribution in [-0.2, 0) is 19.6 Å². The molecule has 170 valence electrons. The van der Waals surface area contributed by atoms with Crippen LogP contribution in [-0.4, -0.2) is 52.8 Å². The first kappa shape index (κ1) is 21.9. The minimum Gasteiger partial charge on any atom is -0.486 e. The molecule has 0 aromatic heterocycles. The van der Waals surface area contributed by atoms with Crippen molar-refractivity contribution >= 4 is 38.9 Å². The van der Waals surface area contributed by atoms with Crippen LogP contribution < -0.4 is 24.0 Å². The molecule has 2 aromatic rings. The quantitative estimate of drug-likeness (QED) is 0.711. The third-order valence-corrected chi connectivity index (χ3v) is 6.50. The molecular formula is C22H25N3O6S. The third-order valence-electron chi connectivity index (χ3n) is 5.36. The minimum absolute atomic E-state index is 0.0541. The summed E-state index contributed by atoms with van der Waals surface area (Å²) in [5, 5.41) is 2.74. The molecule has 4 rings (SSSR count). The van der Waals surface area contributed by atoms with Gasteiger partial charge < -0.3 is 19.7 Å². The molecule has 0 aliphatic carbocycles. The fourth-order valence-electron chi connectivity index (χ4n) is 3.80. The van der Waals surface area contributed by atoms with Gasteiger partial charge in [0.25, 0.3) is 0 Å². The van der Waals surface area contributed by atoms with E-state index in [-0.39, 0.29) is 5.91 Å². The first-order valence-electron chi connectivity index (χ1n) is 10.3. The van der Waals surface area contributed by atoms with E-state index in [4.69, 9.17) is 9.47 Å². The molecule has 0 unspecified atom stereocenters. The van der Waals surface area contributed by atoms with E-state index in [1.54, 1.807) is 35.2 Å². The van der Waals surface area contributed by atoms with E-state index >= 15 is 0 Å². The van der Waals surface area contributed by atoms with Crippen molar-refractivity contribution in [1.29, 1.82) is 0 Å². The fraction of sp³-hybridized carbons (Fsp3) is 0.364. The van der Waals surface area contributed by atoms with Crippen molar-refractivity contribution in [1.82, 2.24) is 0 Å². The predicted octanol–water partition coefficient (Wildman–Crippen LogP) is 2.30. The molecule has 0 saturated carbocycles. The molecular weight excluding hydrogens is 434 g/mol. The second kappa shape index (κ2) is 8.70. The Kier molecular flexibility index (Phi) is 5.96. The van der Waals surface area contributed by atoms with Crippen molar-refractivity contribution in [3.8, 4) is 11.5 Å². The normalized spacial score (nSPS) is 15.6. The highest BCUT2D eigenvalue weighted by atomic mass is 32.2. The molecule has 0 spiro atoms. The zero-order valence-electron chi connectivity index (χ0n) is 18.0. The maximum Gasteiger partial charge on any atom is 0.245 e. The van der Waals surface area contributed by atoms with Gasteiger partial charge in [-0.3, -0.25) is 13.9 Å². The largest absolute Gasteiger partial charge is 0.486 e. The zero-order valence-corrected chi connectivity index (χ0v) is 18.8. The summed E-state index contributed by atoms with van der Waals surface area (Å²) in [6, 6.07) is 10.0. The molecule has 1 saturated heterocycles. The molecule has 32 heavy (non-hydrogen) atoms. The Morgan fingerprint density at radius 3 is 2.56 bits per heavy atom. The standard InChI is InChI=1S/C22H25N3O6S/c1-15-5-6-16(12-18(15)24-9-3-4-22(24)27)23-21(26)14-25(32(2,28)29)17-7-8-19-20(13-17)31-11-10-30-19/h5-8,12-13H,3-4,9-11,14H2,1-2H3,(H,23,26). The zero-order chi connectivity index (χ0) is 22.9. The Morgan fingerprint density at radius 1 is 1.12 bits per heavy atom. The van der Waals surface area contributed by atoms with Gasteiger partial charge in [-0.15, -0.1) is 0 Å². The number of ether oxygens (including phenoxy) is 2. The van der Waals surface area contributed by atoms with Crippen LogP contribution in [0.4, 0.5) is 17.1 Å². The molecule has 2 aliphatic heterocycles. The number of amides is 2. The predicted molar refractivity (Wildman–Crippen MR) is 121 cm³/mol. The SMILES string of the molecule is Cc1ccc(NC(=O)CN(c2ccc3c(c2)OCCO3)S(C)(=O)=O)cc1N1CCCC1=O. The van der Waals surface area contributed by atoms with E-state index in [0.29, 0.717) is 49.1 Å². The van der Waals surface area contributed by atoms with Crippen molar-refractivity contribution < 1.29 is 27.5 Å². The van der Waals surface area contributed by atoms with Crippen LogP contribution >= 0.6 is 0 Å². The lowest BCUT2D eigenvalue weighted by molar-refractivity contribution is -0.117. The summed E-state index contributed by atoms with van der Waals surface area (Å²) in [5.41, 5.74) is 2.47. The van der Waals surface area contributed by atoms with Gasteiger partial charge in [0.15, 0.2) is 11.5 Å². The van der Waals surface area contributed by atoms with Gasteiger partial charge in [0.1, 0.15) is 19.8 Å². The average Bonchev–Trinajstić information content (AvgIpc) is 3.18. The maximum absolute atomic E-state index is 12.8. The molecule has 0 radical (unpaired) electrons. The molecule has 2 aromatic carbocycles. The lowest BCUT2D eigenvalue weighted by Gasteiger charge is -2.25. The van der Waals surface area contributed by atoms with Crippen molar-refractivity contribution in [3.63, 3.8) is 0 Å². The molecule has 2 aliphatic rings. The lowest BCUT2D eigenvalue weighted by atomic mass is 10.1. The maximum atomic E-state index is 12.8. The number of fused-ring (bicyclic) bond motifs is 1. The van der Waals surface area contributed by atoms with Crippen molar-refractivity contribution in [2.45, 2.75) is 19.8 Å². The third kappa shape index (κ3) is 4.64. The number of aryl methyl sites for hydroxylation is 1. The summed E-state index contributed by atoms with van der Waals surface area (Å²) >= 11 is 0. The summed E-state index contributed by atoms with van der Waals surface area (Å²) in [6.45, 7) is 2.92. The van der Waals surface area contributed by atoms with Crippen LogP contribution in [0.25, 0.3) is 0 Å². The number of sulfonamides is 1. The molecule has 0 atom stereocenters. The van der Waals surface area contributed by atoms with Crippen LogP contribution in [0.15, 0.2) is 36.4 Å². The molecule has 2 amide bonds. The van der Waals surface area contributed by atoms with Gasteiger partial charge in [0.05, 0.1) is 11.9 Å². The van der Waals surface area contributed by atoms with Crippen LogP contribution in [0.1, 0.15) is 18.4 Å². The van der Waals surface area contributed by atoms with Crippen molar-refractivity contribution in [3.05, 3.63) is 42.0 Å². The smallest absolute Gasteiger partial charge is 0.245 e. The Hall–Kier alpha value is -3.27. The van der Waals surface area contributed by atoms with E-state index in [1.807, 2.05) is 13.0 Å². The number of carbonyl (C=O) groups is 2. The summed E-state index contributed by atoms with van der Waals surface area (Å²) < 4.78 is 36.9. The molecule has 2 heterocycles. The number of nitrogens with zero attached hydrogens (tertiary/aromatic N) is 2. The number of rotatable bonds is 6. The van der Waals surface area contributed by atoms with Crippen molar-refractivity contribution in [2.24, 2.45) is 0 Å². The average molecular weight is 460 g/mol. The van der Waals surface area contributed by atoms with Gasteiger partial charge in [0.2, 0.25) is 21.8 Å². The number of anilines is 3. The topological polar surface area (TPSA) is 105 Å². The molecule has 0 bridgehead atoms. The number of carbonyl (C=O) groups excluding carboxylic acids is 2. The Balaban J connectivity index is 1.53. The summed E-state index contributed by atoms with van der Waals surface area (Å²) in [5.74, 6) is 0.508. The molecule has 10 heteroatoms. The lowest BCUT2D eigenvalue weighted by Crippen LogP contribution is -2.37. The fourth-order valence-corrected chi connectivity index (χ4v) is 4.65. The highest BCUT2D eigenvalue weighted by Gasteiger charge is 2.25. The molecule has 1 N–H and O–H groups in total. The van der Waals surface area contributed by atoms with E-state index in [1.165, 1.54) is 0 Å². The number of hydrogen-bond acceptors (Lipinski definition) is 6. The van der Waals surface area contributed by atoms with Crippen molar-refractivity contribution in [2.75, 3.05) is 47.1 Å². The summed E-state index contributed by atoms with van der Waals surface area (Å²) in [4.78, 5) is 26.6. The van der Waals surface area contributed by atoms with Gasteiger partial charge in [-0.05, 0) is 43.2 Å². The highest BCUT2D eigenvalue weighted by molar-refractivity contribution is 7.92. The Labute approximate surface area is 187 Å².